The van der Waals surface area contributed by atoms with E-state index in [9.17, 15) is 4.79 Å². The Kier molecular flexibility index (Phi) is 3.62. The summed E-state index contributed by atoms with van der Waals surface area (Å²) in [5, 5.41) is 2.72. The highest BCUT2D eigenvalue weighted by Crippen LogP contribution is 2.21. The van der Waals surface area contributed by atoms with E-state index < -0.39 is 0 Å². The maximum atomic E-state index is 11.7. The Hall–Kier alpha value is -2.01. The van der Waals surface area contributed by atoms with Gasteiger partial charge >= 0.3 is 0 Å². The van der Waals surface area contributed by atoms with Gasteiger partial charge in [0.15, 0.2) is 0 Å². The van der Waals surface area contributed by atoms with Gasteiger partial charge in [0, 0.05) is 24.5 Å². The zero-order valence-electron chi connectivity index (χ0n) is 9.09. The Morgan fingerprint density at radius 3 is 3.18 bits per heavy atom. The highest BCUT2D eigenvalue weighted by atomic mass is 32.1. The molecule has 0 aliphatic heterocycles. The van der Waals surface area contributed by atoms with Gasteiger partial charge in [-0.05, 0) is 12.1 Å². The summed E-state index contributed by atoms with van der Waals surface area (Å²) in [5.41, 5.74) is 3.09. The summed E-state index contributed by atoms with van der Waals surface area (Å²) in [6.07, 6.45) is 5.00. The molecule has 0 aliphatic carbocycles. The molecule has 4 nitrogen and oxygen atoms in total. The molecule has 0 radical (unpaired) electrons. The first-order valence-corrected chi connectivity index (χ1v) is 5.93. The van der Waals surface area contributed by atoms with Crippen molar-refractivity contribution >= 4 is 17.2 Å². The summed E-state index contributed by atoms with van der Waals surface area (Å²) in [7, 11) is 0. The molecule has 2 heterocycles. The summed E-state index contributed by atoms with van der Waals surface area (Å²) < 4.78 is 0. The molecule has 0 saturated carbocycles. The quantitative estimate of drug-likeness (QED) is 0.839. The molecule has 5 heteroatoms. The Morgan fingerprint density at radius 2 is 2.47 bits per heavy atom. The first kappa shape index (κ1) is 11.5. The Balaban J connectivity index is 2.22. The second-order valence-electron chi connectivity index (χ2n) is 3.29. The lowest BCUT2D eigenvalue weighted by Gasteiger charge is -2.03. The van der Waals surface area contributed by atoms with Crippen LogP contribution in [0.3, 0.4) is 0 Å². The summed E-state index contributed by atoms with van der Waals surface area (Å²) in [4.78, 5) is 20.9. The lowest BCUT2D eigenvalue weighted by atomic mass is 10.2. The predicted molar refractivity (Wildman–Crippen MR) is 67.9 cm³/mol. The summed E-state index contributed by atoms with van der Waals surface area (Å²) in [6, 6.07) is 3.44. The van der Waals surface area contributed by atoms with E-state index in [4.69, 9.17) is 0 Å². The van der Waals surface area contributed by atoms with E-state index in [0.29, 0.717) is 12.1 Å². The van der Waals surface area contributed by atoms with Crippen LogP contribution in [0.15, 0.2) is 42.7 Å². The number of pyridine rings is 1. The number of hydrogen-bond donors (Lipinski definition) is 1. The molecular formula is C12H11N3OS. The zero-order valence-corrected chi connectivity index (χ0v) is 9.91. The van der Waals surface area contributed by atoms with Crippen molar-refractivity contribution in [3.63, 3.8) is 0 Å². The molecule has 1 amide bonds. The minimum Gasteiger partial charge on any atom is -0.349 e. The predicted octanol–water partition coefficient (Wildman–Crippen LogP) is 2.12. The minimum absolute atomic E-state index is 0.127. The van der Waals surface area contributed by atoms with Gasteiger partial charge in [0.05, 0.1) is 16.1 Å². The SMILES string of the molecule is C=CCNC(=O)c1ccnc(-c2cncs2)c1. The van der Waals surface area contributed by atoms with Gasteiger partial charge < -0.3 is 5.32 Å². The van der Waals surface area contributed by atoms with Crippen molar-refractivity contribution < 1.29 is 4.79 Å². The Labute approximate surface area is 103 Å². The lowest BCUT2D eigenvalue weighted by molar-refractivity contribution is 0.0958. The molecule has 0 fully saturated rings. The number of aromatic nitrogens is 2. The van der Waals surface area contributed by atoms with E-state index in [1.165, 1.54) is 11.3 Å². The van der Waals surface area contributed by atoms with Gasteiger partial charge in [-0.25, -0.2) is 0 Å². The van der Waals surface area contributed by atoms with Crippen LogP contribution in [0.1, 0.15) is 10.4 Å². The Bertz CT molecular complexity index is 522. The van der Waals surface area contributed by atoms with Crippen molar-refractivity contribution in [2.24, 2.45) is 0 Å². The van der Waals surface area contributed by atoms with Gasteiger partial charge in [-0.3, -0.25) is 14.8 Å². The number of amides is 1. The largest absolute Gasteiger partial charge is 0.349 e. The average Bonchev–Trinajstić information content (AvgIpc) is 2.90. The van der Waals surface area contributed by atoms with E-state index >= 15 is 0 Å². The number of rotatable bonds is 4. The maximum Gasteiger partial charge on any atom is 0.251 e. The molecule has 0 unspecified atom stereocenters. The van der Waals surface area contributed by atoms with Crippen LogP contribution in [0, 0.1) is 0 Å². The molecular weight excluding hydrogens is 234 g/mol. The van der Waals surface area contributed by atoms with E-state index in [0.717, 1.165) is 10.6 Å². The van der Waals surface area contributed by atoms with Crippen LogP contribution in [0.5, 0.6) is 0 Å². The van der Waals surface area contributed by atoms with Crippen LogP contribution >= 0.6 is 11.3 Å². The number of thiazole rings is 1. The molecule has 86 valence electrons. The van der Waals surface area contributed by atoms with E-state index in [2.05, 4.69) is 21.9 Å². The summed E-state index contributed by atoms with van der Waals surface area (Å²) >= 11 is 1.49. The average molecular weight is 245 g/mol. The first-order valence-electron chi connectivity index (χ1n) is 5.05. The molecule has 2 aromatic heterocycles. The van der Waals surface area contributed by atoms with Crippen molar-refractivity contribution in [1.82, 2.24) is 15.3 Å². The standard InChI is InChI=1S/C12H11N3OS/c1-2-4-15-12(16)9-3-5-14-10(6-9)11-7-13-8-17-11/h2-3,5-8H,1,4H2,(H,15,16). The van der Waals surface area contributed by atoms with Crippen LogP contribution in [0.2, 0.25) is 0 Å². The smallest absolute Gasteiger partial charge is 0.251 e. The lowest BCUT2D eigenvalue weighted by Crippen LogP contribution is -2.23. The summed E-state index contributed by atoms with van der Waals surface area (Å²) in [6.45, 7) is 4.01. The van der Waals surface area contributed by atoms with Gasteiger partial charge in [0.25, 0.3) is 5.91 Å². The molecule has 0 aliphatic rings. The van der Waals surface area contributed by atoms with Crippen molar-refractivity contribution in [2.75, 3.05) is 6.54 Å². The number of carbonyl (C=O) groups is 1. The maximum absolute atomic E-state index is 11.7. The molecule has 0 bridgehead atoms. The molecule has 17 heavy (non-hydrogen) atoms. The van der Waals surface area contributed by atoms with Gasteiger partial charge in [-0.2, -0.15) is 0 Å². The van der Waals surface area contributed by atoms with Crippen molar-refractivity contribution in [1.29, 1.82) is 0 Å². The Morgan fingerprint density at radius 1 is 1.59 bits per heavy atom. The zero-order chi connectivity index (χ0) is 12.1. The number of carbonyl (C=O) groups excluding carboxylic acids is 1. The monoisotopic (exact) mass is 245 g/mol. The second kappa shape index (κ2) is 5.36. The minimum atomic E-state index is -0.127. The van der Waals surface area contributed by atoms with Crippen LogP contribution in [0.25, 0.3) is 10.6 Å². The fraction of sp³-hybridized carbons (Fsp3) is 0.0833. The highest BCUT2D eigenvalue weighted by Gasteiger charge is 2.07. The third-order valence-electron chi connectivity index (χ3n) is 2.11. The van der Waals surface area contributed by atoms with Crippen LogP contribution < -0.4 is 5.32 Å². The fourth-order valence-corrected chi connectivity index (χ4v) is 1.91. The third kappa shape index (κ3) is 2.76. The van der Waals surface area contributed by atoms with Crippen molar-refractivity contribution in [3.05, 3.63) is 48.3 Å². The molecule has 2 rings (SSSR count). The normalized spacial score (nSPS) is 9.88. The second-order valence-corrected chi connectivity index (χ2v) is 4.18. The number of hydrogen-bond acceptors (Lipinski definition) is 4. The van der Waals surface area contributed by atoms with Crippen molar-refractivity contribution in [3.8, 4) is 10.6 Å². The summed E-state index contributed by atoms with van der Waals surface area (Å²) in [5.74, 6) is -0.127. The fourth-order valence-electron chi connectivity index (χ4n) is 1.32. The topological polar surface area (TPSA) is 54.9 Å². The molecule has 0 atom stereocenters. The third-order valence-corrected chi connectivity index (χ3v) is 2.91. The number of nitrogens with one attached hydrogen (secondary N) is 1. The first-order chi connectivity index (χ1) is 8.31. The van der Waals surface area contributed by atoms with Crippen LogP contribution in [0.4, 0.5) is 0 Å². The van der Waals surface area contributed by atoms with E-state index in [1.807, 2.05) is 0 Å². The van der Waals surface area contributed by atoms with Crippen LogP contribution in [-0.2, 0) is 0 Å². The van der Waals surface area contributed by atoms with Gasteiger partial charge in [0.2, 0.25) is 0 Å². The van der Waals surface area contributed by atoms with Gasteiger partial charge in [-0.1, -0.05) is 6.08 Å². The highest BCUT2D eigenvalue weighted by molar-refractivity contribution is 7.13. The molecule has 0 aromatic carbocycles. The number of nitrogens with zero attached hydrogens (tertiary/aromatic N) is 2. The molecule has 2 aromatic rings. The molecule has 0 spiro atoms. The van der Waals surface area contributed by atoms with E-state index in [1.54, 1.807) is 36.1 Å². The van der Waals surface area contributed by atoms with Crippen LogP contribution in [-0.4, -0.2) is 22.4 Å². The van der Waals surface area contributed by atoms with E-state index in [-0.39, 0.29) is 5.91 Å². The van der Waals surface area contributed by atoms with Crippen molar-refractivity contribution in [2.45, 2.75) is 0 Å². The van der Waals surface area contributed by atoms with Gasteiger partial charge in [0.1, 0.15) is 0 Å². The molecule has 1 N–H and O–H groups in total. The molecule has 0 saturated heterocycles. The van der Waals surface area contributed by atoms with Gasteiger partial charge in [-0.15, -0.1) is 17.9 Å².